The smallest absolute Gasteiger partial charge is 0.243 e. The van der Waals surface area contributed by atoms with Gasteiger partial charge in [0.1, 0.15) is 4.90 Å². The van der Waals surface area contributed by atoms with Gasteiger partial charge in [0, 0.05) is 25.3 Å². The van der Waals surface area contributed by atoms with Crippen molar-refractivity contribution in [2.45, 2.75) is 56.5 Å². The molecule has 2 aliphatic carbocycles. The average molecular weight is 312 g/mol. The van der Waals surface area contributed by atoms with Gasteiger partial charge in [-0.25, -0.2) is 13.1 Å². The lowest BCUT2D eigenvalue weighted by Crippen LogP contribution is -2.28. The highest BCUT2D eigenvalue weighted by atomic mass is 32.2. The summed E-state index contributed by atoms with van der Waals surface area (Å²) < 4.78 is 28.7. The third-order valence-electron chi connectivity index (χ3n) is 4.29. The van der Waals surface area contributed by atoms with Gasteiger partial charge in [0.05, 0.1) is 6.20 Å². The van der Waals surface area contributed by atoms with Crippen LogP contribution in [0.15, 0.2) is 17.3 Å². The van der Waals surface area contributed by atoms with Crippen molar-refractivity contribution in [2.24, 2.45) is 5.41 Å². The van der Waals surface area contributed by atoms with Crippen molar-refractivity contribution >= 4 is 10.0 Å². The molecule has 0 amide bonds. The molecule has 2 fully saturated rings. The SMILES string of the molecule is CC1(CNS(=O)(=O)c2cnn(CCCNC3CC3)c2)CC1. The first kappa shape index (κ1) is 15.0. The first-order chi connectivity index (χ1) is 9.97. The molecule has 7 heteroatoms. The molecule has 1 aromatic heterocycles. The Kier molecular flexibility index (Phi) is 4.07. The van der Waals surface area contributed by atoms with Crippen LogP contribution in [0.5, 0.6) is 0 Å². The molecule has 0 atom stereocenters. The molecule has 0 aromatic carbocycles. The number of aryl methyl sites for hydroxylation is 1. The van der Waals surface area contributed by atoms with Gasteiger partial charge in [-0.2, -0.15) is 5.10 Å². The highest BCUT2D eigenvalue weighted by Gasteiger charge is 2.38. The molecular weight excluding hydrogens is 288 g/mol. The zero-order valence-corrected chi connectivity index (χ0v) is 13.3. The van der Waals surface area contributed by atoms with Gasteiger partial charge in [-0.1, -0.05) is 6.92 Å². The summed E-state index contributed by atoms with van der Waals surface area (Å²) in [5, 5.41) is 7.58. The van der Waals surface area contributed by atoms with E-state index >= 15 is 0 Å². The highest BCUT2D eigenvalue weighted by Crippen LogP contribution is 2.44. The predicted molar refractivity (Wildman–Crippen MR) is 80.4 cm³/mol. The molecule has 0 spiro atoms. The third-order valence-corrected chi connectivity index (χ3v) is 5.64. The summed E-state index contributed by atoms with van der Waals surface area (Å²) in [6, 6.07) is 0.714. The van der Waals surface area contributed by atoms with Gasteiger partial charge in [0.15, 0.2) is 0 Å². The summed E-state index contributed by atoms with van der Waals surface area (Å²) in [5.41, 5.74) is 0.164. The van der Waals surface area contributed by atoms with Gasteiger partial charge in [-0.05, 0) is 44.1 Å². The number of hydrogen-bond donors (Lipinski definition) is 2. The number of nitrogens with zero attached hydrogens (tertiary/aromatic N) is 2. The van der Waals surface area contributed by atoms with E-state index in [1.807, 2.05) is 0 Å². The monoisotopic (exact) mass is 312 g/mol. The van der Waals surface area contributed by atoms with Crippen LogP contribution in [0, 0.1) is 5.41 Å². The van der Waals surface area contributed by atoms with Gasteiger partial charge in [0.25, 0.3) is 0 Å². The van der Waals surface area contributed by atoms with Crippen molar-refractivity contribution in [1.29, 1.82) is 0 Å². The Balaban J connectivity index is 1.47. The Morgan fingerprint density at radius 1 is 1.43 bits per heavy atom. The van der Waals surface area contributed by atoms with Crippen LogP contribution < -0.4 is 10.0 Å². The molecule has 0 saturated heterocycles. The fraction of sp³-hybridized carbons (Fsp3) is 0.786. The molecule has 1 heterocycles. The first-order valence-corrected chi connectivity index (χ1v) is 9.21. The second-order valence-corrected chi connectivity index (χ2v) is 8.42. The number of hydrogen-bond acceptors (Lipinski definition) is 4. The molecule has 3 rings (SSSR count). The Hall–Kier alpha value is -0.920. The summed E-state index contributed by atoms with van der Waals surface area (Å²) in [6.07, 6.45) is 8.79. The third kappa shape index (κ3) is 4.28. The summed E-state index contributed by atoms with van der Waals surface area (Å²) in [5.74, 6) is 0. The van der Waals surface area contributed by atoms with Crippen molar-refractivity contribution < 1.29 is 8.42 Å². The molecule has 0 aliphatic heterocycles. The fourth-order valence-corrected chi connectivity index (χ4v) is 3.33. The number of rotatable bonds is 9. The predicted octanol–water partition coefficient (Wildman–Crippen LogP) is 1.10. The Morgan fingerprint density at radius 3 is 2.86 bits per heavy atom. The zero-order valence-electron chi connectivity index (χ0n) is 12.5. The Bertz CT molecular complexity index is 588. The van der Waals surface area contributed by atoms with E-state index in [1.54, 1.807) is 10.9 Å². The van der Waals surface area contributed by atoms with E-state index in [1.165, 1.54) is 19.0 Å². The molecule has 1 aromatic rings. The van der Waals surface area contributed by atoms with Crippen molar-refractivity contribution in [3.8, 4) is 0 Å². The summed E-state index contributed by atoms with van der Waals surface area (Å²) in [4.78, 5) is 0.266. The highest BCUT2D eigenvalue weighted by molar-refractivity contribution is 7.89. The summed E-state index contributed by atoms with van der Waals surface area (Å²) in [6.45, 7) is 4.33. The lowest BCUT2D eigenvalue weighted by Gasteiger charge is -2.09. The van der Waals surface area contributed by atoms with Gasteiger partial charge < -0.3 is 5.32 Å². The summed E-state index contributed by atoms with van der Waals surface area (Å²) >= 11 is 0. The topological polar surface area (TPSA) is 76.0 Å². The van der Waals surface area contributed by atoms with Crippen LogP contribution in [-0.2, 0) is 16.6 Å². The minimum Gasteiger partial charge on any atom is -0.314 e. The first-order valence-electron chi connectivity index (χ1n) is 7.72. The van der Waals surface area contributed by atoms with E-state index in [4.69, 9.17) is 0 Å². The maximum absolute atomic E-state index is 12.2. The van der Waals surface area contributed by atoms with Gasteiger partial charge in [0.2, 0.25) is 10.0 Å². The van der Waals surface area contributed by atoms with E-state index in [0.717, 1.165) is 32.4 Å². The maximum Gasteiger partial charge on any atom is 0.243 e. The minimum atomic E-state index is -3.42. The van der Waals surface area contributed by atoms with Crippen molar-refractivity contribution in [3.63, 3.8) is 0 Å². The fourth-order valence-electron chi connectivity index (χ4n) is 2.18. The molecular formula is C14H24N4O2S. The van der Waals surface area contributed by atoms with Gasteiger partial charge >= 0.3 is 0 Å². The van der Waals surface area contributed by atoms with Gasteiger partial charge in [-0.15, -0.1) is 0 Å². The Morgan fingerprint density at radius 2 is 2.19 bits per heavy atom. The summed E-state index contributed by atoms with van der Waals surface area (Å²) in [7, 11) is -3.42. The van der Waals surface area contributed by atoms with Crippen LogP contribution in [0.3, 0.4) is 0 Å². The molecule has 21 heavy (non-hydrogen) atoms. The van der Waals surface area contributed by atoms with Crippen molar-refractivity contribution in [1.82, 2.24) is 19.8 Å². The van der Waals surface area contributed by atoms with Gasteiger partial charge in [-0.3, -0.25) is 4.68 Å². The molecule has 0 bridgehead atoms. The standard InChI is InChI=1S/C14H24N4O2S/c1-14(5-6-14)11-17-21(19,20)13-9-16-18(10-13)8-2-7-15-12-3-4-12/h9-10,12,15,17H,2-8,11H2,1H3. The van der Waals surface area contributed by atoms with E-state index in [0.29, 0.717) is 12.6 Å². The van der Waals surface area contributed by atoms with E-state index in [-0.39, 0.29) is 10.3 Å². The second-order valence-electron chi connectivity index (χ2n) is 6.66. The molecule has 0 radical (unpaired) electrons. The number of sulfonamides is 1. The lowest BCUT2D eigenvalue weighted by molar-refractivity contribution is 0.529. The van der Waals surface area contributed by atoms with E-state index in [2.05, 4.69) is 22.1 Å². The maximum atomic E-state index is 12.2. The Labute approximate surface area is 126 Å². The minimum absolute atomic E-state index is 0.164. The van der Waals surface area contributed by atoms with Crippen LogP contribution in [0.2, 0.25) is 0 Å². The normalized spacial score (nSPS) is 20.6. The molecule has 118 valence electrons. The van der Waals surface area contributed by atoms with Crippen molar-refractivity contribution in [2.75, 3.05) is 13.1 Å². The molecule has 0 unspecified atom stereocenters. The zero-order chi connectivity index (χ0) is 14.9. The average Bonchev–Trinajstić information content (AvgIpc) is 3.35. The van der Waals surface area contributed by atoms with Crippen LogP contribution in [0.25, 0.3) is 0 Å². The largest absolute Gasteiger partial charge is 0.314 e. The van der Waals surface area contributed by atoms with Crippen LogP contribution >= 0.6 is 0 Å². The molecule has 2 aliphatic rings. The lowest BCUT2D eigenvalue weighted by atomic mass is 10.2. The molecule has 6 nitrogen and oxygen atoms in total. The van der Waals surface area contributed by atoms with E-state index < -0.39 is 10.0 Å². The van der Waals surface area contributed by atoms with E-state index in [9.17, 15) is 8.42 Å². The van der Waals surface area contributed by atoms with Crippen LogP contribution in [0.1, 0.15) is 39.0 Å². The second kappa shape index (κ2) is 5.70. The van der Waals surface area contributed by atoms with Crippen LogP contribution in [0.4, 0.5) is 0 Å². The molecule has 2 saturated carbocycles. The van der Waals surface area contributed by atoms with Crippen molar-refractivity contribution in [3.05, 3.63) is 12.4 Å². The number of aromatic nitrogens is 2. The molecule has 2 N–H and O–H groups in total. The van der Waals surface area contributed by atoms with Crippen LogP contribution in [-0.4, -0.2) is 37.3 Å². The number of nitrogens with one attached hydrogen (secondary N) is 2. The quantitative estimate of drug-likeness (QED) is 0.670.